The number of allylic oxidation sites excluding steroid dienone is 1. The Morgan fingerprint density at radius 3 is 2.53 bits per heavy atom. The van der Waals surface area contributed by atoms with Crippen LogP contribution in [-0.4, -0.2) is 18.2 Å². The van der Waals surface area contributed by atoms with Crippen LogP contribution in [0, 0.1) is 11.3 Å². The number of ether oxygens (including phenoxy) is 1. The molecule has 0 radical (unpaired) electrons. The van der Waals surface area contributed by atoms with Crippen molar-refractivity contribution in [2.45, 2.75) is 0 Å². The van der Waals surface area contributed by atoms with Crippen molar-refractivity contribution in [1.29, 1.82) is 5.26 Å². The van der Waals surface area contributed by atoms with E-state index in [1.54, 1.807) is 12.1 Å². The molecular formula is C11H9NO3. The minimum Gasteiger partial charge on any atom is -0.508 e. The van der Waals surface area contributed by atoms with Crippen LogP contribution in [0.4, 0.5) is 0 Å². The second-order valence-corrected chi connectivity index (χ2v) is 2.74. The third kappa shape index (κ3) is 2.85. The van der Waals surface area contributed by atoms with E-state index in [1.807, 2.05) is 6.07 Å². The number of phenolic OH excluding ortho intramolecular Hbond substituents is 1. The lowest BCUT2D eigenvalue weighted by Gasteiger charge is -1.98. The molecule has 4 nitrogen and oxygen atoms in total. The summed E-state index contributed by atoms with van der Waals surface area (Å²) in [6, 6.07) is 7.86. The molecule has 1 aromatic rings. The Bertz CT molecular complexity index is 426. The van der Waals surface area contributed by atoms with E-state index in [2.05, 4.69) is 4.74 Å². The van der Waals surface area contributed by atoms with Crippen molar-refractivity contribution in [3.05, 3.63) is 35.9 Å². The fourth-order valence-electron chi connectivity index (χ4n) is 0.998. The fourth-order valence-corrected chi connectivity index (χ4v) is 0.998. The largest absolute Gasteiger partial charge is 0.508 e. The number of hydrogen-bond acceptors (Lipinski definition) is 4. The van der Waals surface area contributed by atoms with Crippen molar-refractivity contribution in [3.63, 3.8) is 0 Å². The Balaban J connectivity index is 3.04. The van der Waals surface area contributed by atoms with Gasteiger partial charge in [-0.15, -0.1) is 0 Å². The molecule has 15 heavy (non-hydrogen) atoms. The molecule has 4 heteroatoms. The Morgan fingerprint density at radius 2 is 2.07 bits per heavy atom. The minimum absolute atomic E-state index is 0.106. The van der Waals surface area contributed by atoms with Gasteiger partial charge in [0.15, 0.2) is 0 Å². The number of rotatable bonds is 2. The quantitative estimate of drug-likeness (QED) is 0.449. The molecule has 0 amide bonds. The van der Waals surface area contributed by atoms with E-state index >= 15 is 0 Å². The van der Waals surface area contributed by atoms with Gasteiger partial charge in [-0.2, -0.15) is 5.26 Å². The average molecular weight is 203 g/mol. The Kier molecular flexibility index (Phi) is 3.47. The summed E-state index contributed by atoms with van der Waals surface area (Å²) in [5, 5.41) is 17.8. The van der Waals surface area contributed by atoms with E-state index in [4.69, 9.17) is 10.4 Å². The molecule has 0 heterocycles. The lowest BCUT2D eigenvalue weighted by atomic mass is 10.1. The van der Waals surface area contributed by atoms with Crippen molar-refractivity contribution in [3.8, 4) is 11.8 Å². The molecule has 1 N–H and O–H groups in total. The summed E-state index contributed by atoms with van der Waals surface area (Å²) in [5.74, 6) is -0.478. The first kappa shape index (κ1) is 10.8. The zero-order chi connectivity index (χ0) is 11.3. The standard InChI is InChI=1S/C11H9NO3/c1-15-11(14)6-9(7-12)8-2-4-10(13)5-3-8/h2-6,13H,1H3. The maximum Gasteiger partial charge on any atom is 0.331 e. The number of nitriles is 1. The van der Waals surface area contributed by atoms with Gasteiger partial charge in [0.05, 0.1) is 12.7 Å². The zero-order valence-electron chi connectivity index (χ0n) is 8.10. The molecule has 1 rings (SSSR count). The first-order chi connectivity index (χ1) is 7.17. The Labute approximate surface area is 87.0 Å². The summed E-state index contributed by atoms with van der Waals surface area (Å²) in [6.45, 7) is 0. The molecule has 0 bridgehead atoms. The van der Waals surface area contributed by atoms with Crippen molar-refractivity contribution in [1.82, 2.24) is 0 Å². The van der Waals surface area contributed by atoms with Crippen LogP contribution in [0.3, 0.4) is 0 Å². The van der Waals surface area contributed by atoms with Gasteiger partial charge >= 0.3 is 5.97 Å². The zero-order valence-corrected chi connectivity index (χ0v) is 8.10. The molecule has 0 saturated heterocycles. The van der Waals surface area contributed by atoms with E-state index < -0.39 is 5.97 Å². The third-order valence-corrected chi connectivity index (χ3v) is 1.76. The molecule has 0 unspecified atom stereocenters. The number of carbonyl (C=O) groups excluding carboxylic acids is 1. The van der Waals surface area contributed by atoms with Crippen LogP contribution in [-0.2, 0) is 9.53 Å². The highest BCUT2D eigenvalue weighted by molar-refractivity contribution is 5.95. The van der Waals surface area contributed by atoms with Gasteiger partial charge in [0.25, 0.3) is 0 Å². The van der Waals surface area contributed by atoms with Gasteiger partial charge in [-0.25, -0.2) is 4.79 Å². The minimum atomic E-state index is -0.584. The topological polar surface area (TPSA) is 70.3 Å². The van der Waals surface area contributed by atoms with Gasteiger partial charge in [0, 0.05) is 6.08 Å². The van der Waals surface area contributed by atoms with Crippen LogP contribution in [0.1, 0.15) is 5.56 Å². The molecule has 0 aliphatic rings. The van der Waals surface area contributed by atoms with Crippen molar-refractivity contribution < 1.29 is 14.6 Å². The second kappa shape index (κ2) is 4.82. The van der Waals surface area contributed by atoms with Crippen LogP contribution in [0.5, 0.6) is 5.75 Å². The lowest BCUT2D eigenvalue weighted by molar-refractivity contribution is -0.134. The maximum atomic E-state index is 10.9. The SMILES string of the molecule is COC(=O)C=C(C#N)c1ccc(O)cc1. The Morgan fingerprint density at radius 1 is 1.47 bits per heavy atom. The van der Waals surface area contributed by atoms with Gasteiger partial charge in [-0.1, -0.05) is 0 Å². The van der Waals surface area contributed by atoms with E-state index in [1.165, 1.54) is 19.2 Å². The predicted octanol–water partition coefficient (Wildman–Crippen LogP) is 1.47. The van der Waals surface area contributed by atoms with Crippen LogP contribution in [0.2, 0.25) is 0 Å². The van der Waals surface area contributed by atoms with Crippen molar-refractivity contribution in [2.75, 3.05) is 7.11 Å². The molecule has 0 saturated carbocycles. The van der Waals surface area contributed by atoms with E-state index in [-0.39, 0.29) is 11.3 Å². The average Bonchev–Trinajstić information content (AvgIpc) is 2.27. The normalized spacial score (nSPS) is 10.5. The summed E-state index contributed by atoms with van der Waals surface area (Å²) in [4.78, 5) is 10.9. The summed E-state index contributed by atoms with van der Waals surface area (Å²) in [5.41, 5.74) is 0.752. The molecule has 0 aliphatic carbocycles. The van der Waals surface area contributed by atoms with Gasteiger partial charge < -0.3 is 9.84 Å². The number of phenols is 1. The van der Waals surface area contributed by atoms with Gasteiger partial charge in [0.1, 0.15) is 11.8 Å². The number of nitrogens with zero attached hydrogens (tertiary/aromatic N) is 1. The molecule has 0 atom stereocenters. The van der Waals surface area contributed by atoms with E-state index in [9.17, 15) is 4.79 Å². The highest BCUT2D eigenvalue weighted by Crippen LogP contribution is 2.17. The number of esters is 1. The number of carbonyl (C=O) groups is 1. The van der Waals surface area contributed by atoms with Crippen LogP contribution >= 0.6 is 0 Å². The summed E-state index contributed by atoms with van der Waals surface area (Å²) < 4.78 is 4.41. The Hall–Kier alpha value is -2.28. The highest BCUT2D eigenvalue weighted by atomic mass is 16.5. The van der Waals surface area contributed by atoms with E-state index in [0.717, 1.165) is 6.08 Å². The molecular weight excluding hydrogens is 194 g/mol. The van der Waals surface area contributed by atoms with Gasteiger partial charge in [0.2, 0.25) is 0 Å². The molecule has 1 aromatic carbocycles. The third-order valence-electron chi connectivity index (χ3n) is 1.76. The molecule has 76 valence electrons. The summed E-state index contributed by atoms with van der Waals surface area (Å²) in [7, 11) is 1.24. The highest BCUT2D eigenvalue weighted by Gasteiger charge is 2.03. The summed E-state index contributed by atoms with van der Waals surface area (Å²) in [6.07, 6.45) is 1.10. The first-order valence-electron chi connectivity index (χ1n) is 4.16. The predicted molar refractivity (Wildman–Crippen MR) is 53.7 cm³/mol. The second-order valence-electron chi connectivity index (χ2n) is 2.74. The van der Waals surface area contributed by atoms with Gasteiger partial charge in [-0.3, -0.25) is 0 Å². The number of benzene rings is 1. The maximum absolute atomic E-state index is 10.9. The molecule has 0 aliphatic heterocycles. The number of aromatic hydroxyl groups is 1. The monoisotopic (exact) mass is 203 g/mol. The molecule has 0 spiro atoms. The molecule has 0 aromatic heterocycles. The fraction of sp³-hybridized carbons (Fsp3) is 0.0909. The van der Waals surface area contributed by atoms with Gasteiger partial charge in [-0.05, 0) is 29.8 Å². The first-order valence-corrected chi connectivity index (χ1v) is 4.16. The van der Waals surface area contributed by atoms with Crippen molar-refractivity contribution in [2.24, 2.45) is 0 Å². The van der Waals surface area contributed by atoms with Crippen LogP contribution < -0.4 is 0 Å². The lowest BCUT2D eigenvalue weighted by Crippen LogP contribution is -1.96. The van der Waals surface area contributed by atoms with Crippen molar-refractivity contribution >= 4 is 11.5 Å². The van der Waals surface area contributed by atoms with E-state index in [0.29, 0.717) is 5.56 Å². The number of hydrogen-bond donors (Lipinski definition) is 1. The molecule has 0 fully saturated rings. The van der Waals surface area contributed by atoms with Crippen LogP contribution in [0.15, 0.2) is 30.3 Å². The summed E-state index contributed by atoms with van der Waals surface area (Å²) >= 11 is 0. The van der Waals surface area contributed by atoms with Crippen LogP contribution in [0.25, 0.3) is 5.57 Å². The number of methoxy groups -OCH3 is 1. The smallest absolute Gasteiger partial charge is 0.331 e.